The molecule has 2 atom stereocenters. The lowest BCUT2D eigenvalue weighted by molar-refractivity contribution is 0.189. The maximum absolute atomic E-state index is 5.26. The third kappa shape index (κ3) is 1.78. The molecule has 0 radical (unpaired) electrons. The van der Waals surface area contributed by atoms with Crippen molar-refractivity contribution in [2.75, 3.05) is 20.3 Å². The quantitative estimate of drug-likeness (QED) is 0.778. The van der Waals surface area contributed by atoms with Gasteiger partial charge in [-0.25, -0.2) is 0 Å². The maximum Gasteiger partial charge on any atom is 0.232 e. The van der Waals surface area contributed by atoms with Crippen molar-refractivity contribution in [2.24, 2.45) is 0 Å². The highest BCUT2D eigenvalue weighted by Crippen LogP contribution is 2.24. The summed E-state index contributed by atoms with van der Waals surface area (Å²) in [5, 5.41) is 7.00. The number of nitrogens with one attached hydrogen (secondary N) is 1. The highest BCUT2D eigenvalue weighted by atomic mass is 16.5. The van der Waals surface area contributed by atoms with E-state index in [-0.39, 0.29) is 6.04 Å². The lowest BCUT2D eigenvalue weighted by atomic mass is 10.1. The Morgan fingerprint density at radius 3 is 3.07 bits per heavy atom. The highest BCUT2D eigenvalue weighted by molar-refractivity contribution is 4.98. The van der Waals surface area contributed by atoms with Crippen molar-refractivity contribution in [1.29, 1.82) is 0 Å². The maximum atomic E-state index is 5.26. The molecule has 1 aliphatic heterocycles. The molecule has 1 aromatic rings. The zero-order chi connectivity index (χ0) is 9.97. The number of ether oxygens (including phenoxy) is 1. The minimum Gasteiger partial charge on any atom is -0.381 e. The second kappa shape index (κ2) is 4.06. The minimum atomic E-state index is 0.134. The van der Waals surface area contributed by atoms with Crippen LogP contribution < -0.4 is 5.32 Å². The smallest absolute Gasteiger partial charge is 0.232 e. The van der Waals surface area contributed by atoms with E-state index in [0.29, 0.717) is 18.4 Å². The zero-order valence-corrected chi connectivity index (χ0v) is 8.49. The molecule has 1 aliphatic rings. The summed E-state index contributed by atoms with van der Waals surface area (Å²) in [6.45, 7) is 3.50. The molecule has 2 rings (SSSR count). The normalized spacial score (nSPS) is 24.0. The van der Waals surface area contributed by atoms with Gasteiger partial charge in [0.15, 0.2) is 5.82 Å². The van der Waals surface area contributed by atoms with E-state index < -0.39 is 0 Å². The van der Waals surface area contributed by atoms with Gasteiger partial charge in [-0.05, 0) is 20.4 Å². The van der Waals surface area contributed by atoms with Gasteiger partial charge in [0.05, 0.1) is 18.6 Å². The fraction of sp³-hybridized carbons (Fsp3) is 0.778. The van der Waals surface area contributed by atoms with Crippen LogP contribution in [0.15, 0.2) is 4.52 Å². The summed E-state index contributed by atoms with van der Waals surface area (Å²) in [7, 11) is 1.87. The van der Waals surface area contributed by atoms with Gasteiger partial charge in [-0.3, -0.25) is 0 Å². The largest absolute Gasteiger partial charge is 0.381 e. The second-order valence-corrected chi connectivity index (χ2v) is 3.56. The van der Waals surface area contributed by atoms with Crippen LogP contribution in [-0.4, -0.2) is 30.4 Å². The fourth-order valence-electron chi connectivity index (χ4n) is 1.45. The van der Waals surface area contributed by atoms with Gasteiger partial charge < -0.3 is 14.6 Å². The Labute approximate surface area is 82.8 Å². The van der Waals surface area contributed by atoms with Crippen LogP contribution in [0.4, 0.5) is 0 Å². The van der Waals surface area contributed by atoms with Crippen LogP contribution in [-0.2, 0) is 4.74 Å². The van der Waals surface area contributed by atoms with E-state index in [9.17, 15) is 0 Å². The first-order valence-corrected chi connectivity index (χ1v) is 4.89. The summed E-state index contributed by atoms with van der Waals surface area (Å²) >= 11 is 0. The molecule has 0 aliphatic carbocycles. The van der Waals surface area contributed by atoms with Crippen molar-refractivity contribution < 1.29 is 9.26 Å². The number of rotatable bonds is 3. The van der Waals surface area contributed by atoms with Crippen molar-refractivity contribution in [3.8, 4) is 0 Å². The third-order valence-electron chi connectivity index (χ3n) is 2.56. The molecular weight excluding hydrogens is 182 g/mol. The van der Waals surface area contributed by atoms with Crippen LogP contribution in [0.5, 0.6) is 0 Å². The predicted octanol–water partition coefficient (Wildman–Crippen LogP) is 0.854. The van der Waals surface area contributed by atoms with Gasteiger partial charge in [0.25, 0.3) is 0 Å². The fourth-order valence-corrected chi connectivity index (χ4v) is 1.45. The van der Waals surface area contributed by atoms with E-state index in [0.717, 1.165) is 18.9 Å². The molecule has 5 nitrogen and oxygen atoms in total. The number of nitrogens with zero attached hydrogens (tertiary/aromatic N) is 2. The Morgan fingerprint density at radius 2 is 2.43 bits per heavy atom. The highest BCUT2D eigenvalue weighted by Gasteiger charge is 2.24. The first-order chi connectivity index (χ1) is 6.81. The lowest BCUT2D eigenvalue weighted by Crippen LogP contribution is -2.13. The summed E-state index contributed by atoms with van der Waals surface area (Å²) in [4.78, 5) is 4.34. The van der Waals surface area contributed by atoms with Gasteiger partial charge >= 0.3 is 0 Å². The molecule has 1 N–H and O–H groups in total. The SMILES string of the molecule is CNC(C)c1noc(C2CCOC2)n1. The molecule has 78 valence electrons. The molecule has 2 unspecified atom stereocenters. The predicted molar refractivity (Wildman–Crippen MR) is 49.9 cm³/mol. The number of aromatic nitrogens is 2. The average molecular weight is 197 g/mol. The van der Waals surface area contributed by atoms with Crippen molar-refractivity contribution >= 4 is 0 Å². The first-order valence-electron chi connectivity index (χ1n) is 4.89. The van der Waals surface area contributed by atoms with E-state index in [1.807, 2.05) is 14.0 Å². The van der Waals surface area contributed by atoms with Gasteiger partial charge in [-0.15, -0.1) is 0 Å². The second-order valence-electron chi connectivity index (χ2n) is 3.56. The monoisotopic (exact) mass is 197 g/mol. The van der Waals surface area contributed by atoms with Crippen LogP contribution in [0.25, 0.3) is 0 Å². The molecule has 1 saturated heterocycles. The molecular formula is C9H15N3O2. The number of hydrogen-bond acceptors (Lipinski definition) is 5. The van der Waals surface area contributed by atoms with Crippen LogP contribution in [0.1, 0.15) is 37.0 Å². The molecule has 2 heterocycles. The molecule has 0 spiro atoms. The van der Waals surface area contributed by atoms with Crippen molar-refractivity contribution in [2.45, 2.75) is 25.3 Å². The Morgan fingerprint density at radius 1 is 1.57 bits per heavy atom. The molecule has 1 fully saturated rings. The van der Waals surface area contributed by atoms with Gasteiger partial charge in [-0.2, -0.15) is 4.98 Å². The minimum absolute atomic E-state index is 0.134. The molecule has 0 aromatic carbocycles. The van der Waals surface area contributed by atoms with E-state index in [1.54, 1.807) is 0 Å². The molecule has 5 heteroatoms. The van der Waals surface area contributed by atoms with E-state index in [1.165, 1.54) is 0 Å². The van der Waals surface area contributed by atoms with Crippen LogP contribution in [0, 0.1) is 0 Å². The van der Waals surface area contributed by atoms with Crippen molar-refractivity contribution in [3.63, 3.8) is 0 Å². The molecule has 1 aromatic heterocycles. The van der Waals surface area contributed by atoms with Crippen LogP contribution >= 0.6 is 0 Å². The summed E-state index contributed by atoms with van der Waals surface area (Å²) in [5.41, 5.74) is 0. The number of hydrogen-bond donors (Lipinski definition) is 1. The van der Waals surface area contributed by atoms with Gasteiger partial charge in [0, 0.05) is 6.61 Å². The summed E-state index contributed by atoms with van der Waals surface area (Å²) in [6, 6.07) is 0.134. The topological polar surface area (TPSA) is 60.2 Å². The Hall–Kier alpha value is -0.940. The first kappa shape index (κ1) is 9.61. The summed E-state index contributed by atoms with van der Waals surface area (Å²) in [5.74, 6) is 1.72. The Balaban J connectivity index is 2.08. The van der Waals surface area contributed by atoms with Crippen LogP contribution in [0.2, 0.25) is 0 Å². The van der Waals surface area contributed by atoms with E-state index in [4.69, 9.17) is 9.26 Å². The summed E-state index contributed by atoms with van der Waals surface area (Å²) < 4.78 is 10.5. The molecule has 0 bridgehead atoms. The molecule has 0 amide bonds. The van der Waals surface area contributed by atoms with Gasteiger partial charge in [0.2, 0.25) is 5.89 Å². The average Bonchev–Trinajstić information content (AvgIpc) is 2.86. The lowest BCUT2D eigenvalue weighted by Gasteiger charge is -2.02. The Bertz CT molecular complexity index is 294. The van der Waals surface area contributed by atoms with Gasteiger partial charge in [0.1, 0.15) is 0 Å². The van der Waals surface area contributed by atoms with Crippen molar-refractivity contribution in [3.05, 3.63) is 11.7 Å². The third-order valence-corrected chi connectivity index (χ3v) is 2.56. The van der Waals surface area contributed by atoms with Crippen LogP contribution in [0.3, 0.4) is 0 Å². The van der Waals surface area contributed by atoms with E-state index >= 15 is 0 Å². The zero-order valence-electron chi connectivity index (χ0n) is 8.49. The summed E-state index contributed by atoms with van der Waals surface area (Å²) in [6.07, 6.45) is 0.982. The standard InChI is InChI=1S/C9H15N3O2/c1-6(10-2)8-11-9(14-12-8)7-3-4-13-5-7/h6-7,10H,3-5H2,1-2H3. The van der Waals surface area contributed by atoms with E-state index in [2.05, 4.69) is 15.5 Å². The van der Waals surface area contributed by atoms with Crippen molar-refractivity contribution in [1.82, 2.24) is 15.5 Å². The Kier molecular flexibility index (Phi) is 2.79. The molecule has 14 heavy (non-hydrogen) atoms. The van der Waals surface area contributed by atoms with Gasteiger partial charge in [-0.1, -0.05) is 5.16 Å². The molecule has 0 saturated carbocycles.